The van der Waals surface area contributed by atoms with Crippen LogP contribution in [-0.4, -0.2) is 24.8 Å². The molecule has 0 unspecified atom stereocenters. The van der Waals surface area contributed by atoms with Gasteiger partial charge in [0, 0.05) is 36.6 Å². The average molecular weight is 244 g/mol. The standard InChI is InChI=1S/C12H18F2N2O/c1-2-16(6-3-7-17)11-5-4-9(15)8-10(11)12(13)14/h4-5,8,12,17H,2-3,6-7,15H2,1H3. The van der Waals surface area contributed by atoms with E-state index < -0.39 is 6.43 Å². The topological polar surface area (TPSA) is 49.5 Å². The maximum Gasteiger partial charge on any atom is 0.265 e. The minimum Gasteiger partial charge on any atom is -0.399 e. The Morgan fingerprint density at radius 2 is 2.12 bits per heavy atom. The van der Waals surface area contributed by atoms with Gasteiger partial charge in [-0.1, -0.05) is 0 Å². The van der Waals surface area contributed by atoms with Gasteiger partial charge in [-0.3, -0.25) is 0 Å². The molecule has 1 aromatic rings. The molecule has 0 spiro atoms. The Morgan fingerprint density at radius 1 is 1.41 bits per heavy atom. The molecule has 0 bridgehead atoms. The highest BCUT2D eigenvalue weighted by Crippen LogP contribution is 2.31. The van der Waals surface area contributed by atoms with Gasteiger partial charge in [-0.15, -0.1) is 0 Å². The predicted octanol–water partition coefficient (Wildman–Crippen LogP) is 2.42. The van der Waals surface area contributed by atoms with Crippen molar-refractivity contribution < 1.29 is 13.9 Å². The molecule has 0 amide bonds. The molecule has 0 fully saturated rings. The van der Waals surface area contributed by atoms with Crippen molar-refractivity contribution in [3.8, 4) is 0 Å². The van der Waals surface area contributed by atoms with E-state index in [1.165, 1.54) is 6.07 Å². The molecule has 0 atom stereocenters. The molecule has 0 aromatic heterocycles. The van der Waals surface area contributed by atoms with Crippen LogP contribution in [0.1, 0.15) is 25.3 Å². The zero-order valence-corrected chi connectivity index (χ0v) is 9.87. The normalized spacial score (nSPS) is 10.9. The molecule has 0 aliphatic rings. The molecular weight excluding hydrogens is 226 g/mol. The van der Waals surface area contributed by atoms with Crippen molar-refractivity contribution in [3.63, 3.8) is 0 Å². The third kappa shape index (κ3) is 3.56. The minimum atomic E-state index is -2.54. The second-order valence-corrected chi connectivity index (χ2v) is 3.78. The van der Waals surface area contributed by atoms with Crippen molar-refractivity contribution in [3.05, 3.63) is 23.8 Å². The Hall–Kier alpha value is -1.36. The van der Waals surface area contributed by atoms with Crippen LogP contribution >= 0.6 is 0 Å². The number of halogens is 2. The first-order valence-electron chi connectivity index (χ1n) is 5.63. The van der Waals surface area contributed by atoms with Gasteiger partial charge in [-0.25, -0.2) is 8.78 Å². The molecule has 96 valence electrons. The molecule has 5 heteroatoms. The van der Waals surface area contributed by atoms with Crippen LogP contribution in [0, 0.1) is 0 Å². The highest BCUT2D eigenvalue weighted by molar-refractivity contribution is 5.60. The van der Waals surface area contributed by atoms with Gasteiger partial charge >= 0.3 is 0 Å². The number of benzene rings is 1. The second kappa shape index (κ2) is 6.39. The van der Waals surface area contributed by atoms with Crippen LogP contribution in [0.2, 0.25) is 0 Å². The summed E-state index contributed by atoms with van der Waals surface area (Å²) in [5.41, 5.74) is 6.29. The summed E-state index contributed by atoms with van der Waals surface area (Å²) in [6.07, 6.45) is -1.99. The quantitative estimate of drug-likeness (QED) is 0.755. The zero-order valence-electron chi connectivity index (χ0n) is 9.87. The van der Waals surface area contributed by atoms with Crippen LogP contribution in [0.5, 0.6) is 0 Å². The SMILES string of the molecule is CCN(CCCO)c1ccc(N)cc1C(F)F. The van der Waals surface area contributed by atoms with Crippen LogP contribution in [0.15, 0.2) is 18.2 Å². The summed E-state index contributed by atoms with van der Waals surface area (Å²) in [7, 11) is 0. The summed E-state index contributed by atoms with van der Waals surface area (Å²) in [6, 6.07) is 4.53. The summed E-state index contributed by atoms with van der Waals surface area (Å²) in [5, 5.41) is 8.79. The molecular formula is C12H18F2N2O. The van der Waals surface area contributed by atoms with Crippen LogP contribution in [-0.2, 0) is 0 Å². The highest BCUT2D eigenvalue weighted by atomic mass is 19.3. The van der Waals surface area contributed by atoms with E-state index in [0.717, 1.165) is 0 Å². The summed E-state index contributed by atoms with van der Waals surface area (Å²) in [6.45, 7) is 3.11. The van der Waals surface area contributed by atoms with Gasteiger partial charge < -0.3 is 15.7 Å². The van der Waals surface area contributed by atoms with Gasteiger partial charge in [0.05, 0.1) is 0 Å². The highest BCUT2D eigenvalue weighted by Gasteiger charge is 2.17. The third-order valence-corrected chi connectivity index (χ3v) is 2.60. The van der Waals surface area contributed by atoms with E-state index in [1.54, 1.807) is 12.1 Å². The lowest BCUT2D eigenvalue weighted by molar-refractivity contribution is 0.152. The molecule has 0 radical (unpaired) electrons. The predicted molar refractivity (Wildman–Crippen MR) is 65.4 cm³/mol. The lowest BCUT2D eigenvalue weighted by Gasteiger charge is -2.25. The minimum absolute atomic E-state index is 0.0511. The van der Waals surface area contributed by atoms with Crippen LogP contribution in [0.25, 0.3) is 0 Å². The van der Waals surface area contributed by atoms with E-state index in [2.05, 4.69) is 0 Å². The Labute approximate surface area is 99.8 Å². The van der Waals surface area contributed by atoms with E-state index in [4.69, 9.17) is 10.8 Å². The molecule has 1 rings (SSSR count). The lowest BCUT2D eigenvalue weighted by atomic mass is 10.1. The maximum absolute atomic E-state index is 12.9. The number of nitrogens with two attached hydrogens (primary N) is 1. The molecule has 17 heavy (non-hydrogen) atoms. The van der Waals surface area contributed by atoms with Gasteiger partial charge in [-0.05, 0) is 31.5 Å². The van der Waals surface area contributed by atoms with E-state index in [9.17, 15) is 8.78 Å². The number of hydrogen-bond donors (Lipinski definition) is 2. The number of nitrogen functional groups attached to an aromatic ring is 1. The van der Waals surface area contributed by atoms with Crippen molar-refractivity contribution in [2.24, 2.45) is 0 Å². The number of aliphatic hydroxyl groups is 1. The summed E-state index contributed by atoms with van der Waals surface area (Å²) >= 11 is 0. The number of aliphatic hydroxyl groups excluding tert-OH is 1. The zero-order chi connectivity index (χ0) is 12.8. The smallest absolute Gasteiger partial charge is 0.265 e. The molecule has 0 aliphatic heterocycles. The van der Waals surface area contributed by atoms with Gasteiger partial charge in [0.1, 0.15) is 0 Å². The van der Waals surface area contributed by atoms with Crippen molar-refractivity contribution in [2.45, 2.75) is 19.8 Å². The molecule has 0 saturated heterocycles. The number of alkyl halides is 2. The van der Waals surface area contributed by atoms with E-state index in [1.807, 2.05) is 11.8 Å². The van der Waals surface area contributed by atoms with E-state index in [0.29, 0.717) is 30.9 Å². The largest absolute Gasteiger partial charge is 0.399 e. The molecule has 0 aliphatic carbocycles. The number of nitrogens with zero attached hydrogens (tertiary/aromatic N) is 1. The Balaban J connectivity index is 3.00. The van der Waals surface area contributed by atoms with Crippen LogP contribution in [0.3, 0.4) is 0 Å². The first kappa shape index (κ1) is 13.7. The molecule has 1 aromatic carbocycles. The average Bonchev–Trinajstić information content (AvgIpc) is 2.31. The lowest BCUT2D eigenvalue weighted by Crippen LogP contribution is -2.25. The fourth-order valence-electron chi connectivity index (χ4n) is 1.75. The van der Waals surface area contributed by atoms with Gasteiger partial charge in [-0.2, -0.15) is 0 Å². The van der Waals surface area contributed by atoms with E-state index in [-0.39, 0.29) is 12.2 Å². The van der Waals surface area contributed by atoms with Crippen LogP contribution in [0.4, 0.5) is 20.2 Å². The maximum atomic E-state index is 12.9. The van der Waals surface area contributed by atoms with Gasteiger partial charge in [0.25, 0.3) is 6.43 Å². The monoisotopic (exact) mass is 244 g/mol. The second-order valence-electron chi connectivity index (χ2n) is 3.78. The number of rotatable bonds is 6. The molecule has 3 nitrogen and oxygen atoms in total. The third-order valence-electron chi connectivity index (χ3n) is 2.60. The Kier molecular flexibility index (Phi) is 5.15. The van der Waals surface area contributed by atoms with Crippen molar-refractivity contribution in [1.82, 2.24) is 0 Å². The molecule has 3 N–H and O–H groups in total. The molecule has 0 saturated carbocycles. The van der Waals surface area contributed by atoms with Crippen molar-refractivity contribution in [1.29, 1.82) is 0 Å². The number of hydrogen-bond acceptors (Lipinski definition) is 3. The summed E-state index contributed by atoms with van der Waals surface area (Å²) < 4.78 is 25.8. The van der Waals surface area contributed by atoms with E-state index >= 15 is 0 Å². The Morgan fingerprint density at radius 3 is 2.65 bits per heavy atom. The van der Waals surface area contributed by atoms with Gasteiger partial charge in [0.2, 0.25) is 0 Å². The number of anilines is 2. The summed E-state index contributed by atoms with van der Waals surface area (Å²) in [5.74, 6) is 0. The van der Waals surface area contributed by atoms with Gasteiger partial charge in [0.15, 0.2) is 0 Å². The van der Waals surface area contributed by atoms with Crippen LogP contribution < -0.4 is 10.6 Å². The first-order valence-corrected chi connectivity index (χ1v) is 5.63. The Bertz CT molecular complexity index is 358. The van der Waals surface area contributed by atoms with Crippen molar-refractivity contribution >= 4 is 11.4 Å². The molecule has 0 heterocycles. The summed E-state index contributed by atoms with van der Waals surface area (Å²) in [4.78, 5) is 1.82. The van der Waals surface area contributed by atoms with Crippen molar-refractivity contribution in [2.75, 3.05) is 30.3 Å². The fourth-order valence-corrected chi connectivity index (χ4v) is 1.75. The first-order chi connectivity index (χ1) is 8.10. The fraction of sp³-hybridized carbons (Fsp3) is 0.500.